The van der Waals surface area contributed by atoms with E-state index in [0.29, 0.717) is 25.1 Å². The highest BCUT2D eigenvalue weighted by Gasteiger charge is 2.52. The Morgan fingerprint density at radius 1 is 1.17 bits per heavy atom. The number of anilines is 1. The van der Waals surface area contributed by atoms with Crippen LogP contribution in [-0.4, -0.2) is 60.6 Å². The van der Waals surface area contributed by atoms with Crippen LogP contribution in [-0.2, 0) is 14.0 Å². The van der Waals surface area contributed by atoms with Gasteiger partial charge in [0.25, 0.3) is 0 Å². The fourth-order valence-electron chi connectivity index (χ4n) is 3.69. The molecule has 0 bridgehead atoms. The van der Waals surface area contributed by atoms with E-state index in [1.807, 2.05) is 61.5 Å². The molecule has 166 valence electrons. The van der Waals surface area contributed by atoms with Crippen molar-refractivity contribution in [2.45, 2.75) is 78.2 Å². The van der Waals surface area contributed by atoms with Crippen molar-refractivity contribution in [1.82, 2.24) is 4.90 Å². The zero-order chi connectivity index (χ0) is 22.5. The number of halogens is 1. The van der Waals surface area contributed by atoms with Crippen molar-refractivity contribution in [2.24, 2.45) is 0 Å². The molecule has 0 N–H and O–H groups in total. The number of hydrogen-bond donors (Lipinski definition) is 0. The molecule has 0 saturated carbocycles. The minimum atomic E-state index is -0.731. The minimum Gasteiger partial charge on any atom is -0.444 e. The molecule has 30 heavy (non-hydrogen) atoms. The summed E-state index contributed by atoms with van der Waals surface area (Å²) >= 11 is 0. The predicted molar refractivity (Wildman–Crippen MR) is 117 cm³/mol. The molecule has 0 unspecified atom stereocenters. The highest BCUT2D eigenvalue weighted by atomic mass is 19.1. The van der Waals surface area contributed by atoms with Gasteiger partial charge in [0.2, 0.25) is 0 Å². The van der Waals surface area contributed by atoms with Crippen LogP contribution >= 0.6 is 0 Å². The van der Waals surface area contributed by atoms with Crippen molar-refractivity contribution >= 4 is 24.4 Å². The van der Waals surface area contributed by atoms with E-state index in [1.165, 1.54) is 6.07 Å². The number of carbonyl (C=O) groups excluding carboxylic acids is 1. The molecule has 0 spiro atoms. The van der Waals surface area contributed by atoms with Gasteiger partial charge in [0.15, 0.2) is 0 Å². The van der Waals surface area contributed by atoms with Crippen molar-refractivity contribution in [3.8, 4) is 0 Å². The van der Waals surface area contributed by atoms with Crippen LogP contribution in [0.3, 0.4) is 0 Å². The van der Waals surface area contributed by atoms with Crippen molar-refractivity contribution in [3.05, 3.63) is 24.0 Å². The van der Waals surface area contributed by atoms with Crippen molar-refractivity contribution < 1.29 is 23.2 Å². The number of benzene rings is 1. The lowest BCUT2D eigenvalue weighted by molar-refractivity contribution is 0.00578. The maximum absolute atomic E-state index is 15.0. The van der Waals surface area contributed by atoms with Crippen molar-refractivity contribution in [1.29, 1.82) is 0 Å². The SMILES string of the molecule is C[C@H]1CN(C(=O)OC(C)(C)C)CCN1c1ccc(B2OC(C)(C)C(C)(C)O2)c(F)c1. The zero-order valence-corrected chi connectivity index (χ0v) is 19.4. The zero-order valence-electron chi connectivity index (χ0n) is 19.4. The third-order valence-corrected chi connectivity index (χ3v) is 6.10. The normalized spacial score (nSPS) is 23.6. The third kappa shape index (κ3) is 4.59. The molecule has 2 saturated heterocycles. The maximum Gasteiger partial charge on any atom is 0.497 e. The third-order valence-electron chi connectivity index (χ3n) is 6.10. The summed E-state index contributed by atoms with van der Waals surface area (Å²) in [5, 5.41) is 0. The van der Waals surface area contributed by atoms with E-state index >= 15 is 4.39 Å². The van der Waals surface area contributed by atoms with E-state index in [1.54, 1.807) is 11.0 Å². The number of rotatable bonds is 2. The summed E-state index contributed by atoms with van der Waals surface area (Å²) in [7, 11) is -0.731. The number of piperazine rings is 1. The first-order chi connectivity index (χ1) is 13.7. The van der Waals surface area contributed by atoms with Gasteiger partial charge in [-0.05, 0) is 67.5 Å². The van der Waals surface area contributed by atoms with E-state index in [2.05, 4.69) is 4.90 Å². The summed E-state index contributed by atoms with van der Waals surface area (Å²) in [5.41, 5.74) is -0.379. The summed E-state index contributed by atoms with van der Waals surface area (Å²) in [6.45, 7) is 17.0. The molecule has 3 rings (SSSR count). The minimum absolute atomic E-state index is 0.0355. The summed E-state index contributed by atoms with van der Waals surface area (Å²) < 4.78 is 32.4. The first kappa shape index (κ1) is 22.9. The van der Waals surface area contributed by atoms with Crippen molar-refractivity contribution in [2.75, 3.05) is 24.5 Å². The molecule has 0 aliphatic carbocycles. The van der Waals surface area contributed by atoms with E-state index in [4.69, 9.17) is 14.0 Å². The van der Waals surface area contributed by atoms with E-state index < -0.39 is 23.9 Å². The molecule has 2 fully saturated rings. The molecule has 2 aliphatic rings. The van der Waals surface area contributed by atoms with Crippen LogP contribution in [0.2, 0.25) is 0 Å². The van der Waals surface area contributed by atoms with Gasteiger partial charge < -0.3 is 23.8 Å². The quantitative estimate of drug-likeness (QED) is 0.685. The molecule has 0 aromatic heterocycles. The number of hydrogen-bond acceptors (Lipinski definition) is 5. The molecule has 1 atom stereocenters. The largest absolute Gasteiger partial charge is 0.497 e. The topological polar surface area (TPSA) is 51.2 Å². The second-order valence-electron chi connectivity index (χ2n) is 10.3. The van der Waals surface area contributed by atoms with Crippen LogP contribution in [0.25, 0.3) is 0 Å². The summed E-state index contributed by atoms with van der Waals surface area (Å²) in [6, 6.07) is 5.19. The lowest BCUT2D eigenvalue weighted by atomic mass is 9.78. The van der Waals surface area contributed by atoms with Gasteiger partial charge in [-0.2, -0.15) is 0 Å². The molecule has 1 aromatic carbocycles. The second kappa shape index (κ2) is 7.72. The molecule has 1 amide bonds. The Morgan fingerprint density at radius 2 is 1.77 bits per heavy atom. The van der Waals surface area contributed by atoms with Gasteiger partial charge in [0.1, 0.15) is 11.4 Å². The van der Waals surface area contributed by atoms with E-state index in [0.717, 1.165) is 5.69 Å². The Kier molecular flexibility index (Phi) is 5.88. The lowest BCUT2D eigenvalue weighted by Crippen LogP contribution is -2.54. The highest BCUT2D eigenvalue weighted by Crippen LogP contribution is 2.37. The summed E-state index contributed by atoms with van der Waals surface area (Å²) in [6.07, 6.45) is -0.309. The van der Waals surface area contributed by atoms with Crippen LogP contribution < -0.4 is 10.4 Å². The molecule has 2 aliphatic heterocycles. The fraction of sp³-hybridized carbons (Fsp3) is 0.682. The van der Waals surface area contributed by atoms with E-state index in [-0.39, 0.29) is 18.0 Å². The Balaban J connectivity index is 1.70. The van der Waals surface area contributed by atoms with Crippen LogP contribution in [0.15, 0.2) is 18.2 Å². The number of ether oxygens (including phenoxy) is 1. The van der Waals surface area contributed by atoms with Gasteiger partial charge in [-0.25, -0.2) is 9.18 Å². The average Bonchev–Trinajstić information content (AvgIpc) is 2.80. The average molecular weight is 420 g/mol. The molecule has 6 nitrogen and oxygen atoms in total. The van der Waals surface area contributed by atoms with Gasteiger partial charge in [-0.3, -0.25) is 0 Å². The Morgan fingerprint density at radius 3 is 2.27 bits per heavy atom. The van der Waals surface area contributed by atoms with Gasteiger partial charge in [0.05, 0.1) is 11.2 Å². The van der Waals surface area contributed by atoms with Gasteiger partial charge in [0, 0.05) is 36.8 Å². The van der Waals surface area contributed by atoms with Crippen molar-refractivity contribution in [3.63, 3.8) is 0 Å². The molecule has 1 aromatic rings. The second-order valence-corrected chi connectivity index (χ2v) is 10.3. The van der Waals surface area contributed by atoms with E-state index in [9.17, 15) is 4.79 Å². The molecular formula is C22H34BFN2O4. The monoisotopic (exact) mass is 420 g/mol. The first-order valence-electron chi connectivity index (χ1n) is 10.6. The van der Waals surface area contributed by atoms with Gasteiger partial charge in [-0.1, -0.05) is 6.07 Å². The molecular weight excluding hydrogens is 386 g/mol. The Hall–Kier alpha value is -1.80. The van der Waals surface area contributed by atoms with Crippen LogP contribution in [0.5, 0.6) is 0 Å². The molecule has 0 radical (unpaired) electrons. The fourth-order valence-corrected chi connectivity index (χ4v) is 3.69. The molecule has 2 heterocycles. The molecule has 8 heteroatoms. The lowest BCUT2D eigenvalue weighted by Gasteiger charge is -2.41. The Labute approximate surface area is 179 Å². The smallest absolute Gasteiger partial charge is 0.444 e. The maximum atomic E-state index is 15.0. The number of carbonyl (C=O) groups is 1. The highest BCUT2D eigenvalue weighted by molar-refractivity contribution is 6.62. The summed E-state index contributed by atoms with van der Waals surface area (Å²) in [5.74, 6) is -0.354. The van der Waals surface area contributed by atoms with Gasteiger partial charge >= 0.3 is 13.2 Å². The van der Waals surface area contributed by atoms with Crippen LogP contribution in [0.4, 0.5) is 14.9 Å². The first-order valence-corrected chi connectivity index (χ1v) is 10.6. The summed E-state index contributed by atoms with van der Waals surface area (Å²) in [4.78, 5) is 16.2. The number of nitrogens with zero attached hydrogens (tertiary/aromatic N) is 2. The van der Waals surface area contributed by atoms with Crippen LogP contribution in [0.1, 0.15) is 55.4 Å². The Bertz CT molecular complexity index is 793. The predicted octanol–water partition coefficient (Wildman–Crippen LogP) is 3.57. The standard InChI is InChI=1S/C22H34BFN2O4/c1-15-14-25(19(27)28-20(2,3)4)11-12-26(15)16-9-10-17(18(24)13-16)23-29-21(5,6)22(7,8)30-23/h9-10,13,15H,11-12,14H2,1-8H3/t15-/m0/s1. The van der Waals surface area contributed by atoms with Crippen LogP contribution in [0, 0.1) is 5.82 Å². The number of amides is 1. The van der Waals surface area contributed by atoms with Gasteiger partial charge in [-0.15, -0.1) is 0 Å².